The molecule has 3 rings (SSSR count). The molecule has 0 saturated heterocycles. The molecule has 0 fully saturated rings. The lowest BCUT2D eigenvalue weighted by Gasteiger charge is -2.17. The largest absolute Gasteiger partial charge is 0.493 e. The maximum Gasteiger partial charge on any atom is 0.318 e. The SMILES string of the molecule is COc1cc2nc(SCC(=O)NC(N)=O)n(CCC3=CCCCC3)c(=O)c2cc1OC. The van der Waals surface area contributed by atoms with E-state index >= 15 is 0 Å². The van der Waals surface area contributed by atoms with Gasteiger partial charge in [-0.05, 0) is 38.2 Å². The zero-order valence-electron chi connectivity index (χ0n) is 17.6. The van der Waals surface area contributed by atoms with Crippen LogP contribution in [0.1, 0.15) is 32.1 Å². The van der Waals surface area contributed by atoms with Crippen LogP contribution in [0.25, 0.3) is 10.9 Å². The lowest BCUT2D eigenvalue weighted by atomic mass is 9.97. The van der Waals surface area contributed by atoms with Gasteiger partial charge in [0.25, 0.3) is 5.56 Å². The quantitative estimate of drug-likeness (QED) is 0.363. The number of allylic oxidation sites excluding steroid dienone is 2. The minimum absolute atomic E-state index is 0.100. The molecular formula is C21H26N4O5S. The Kier molecular flexibility index (Phi) is 7.56. The van der Waals surface area contributed by atoms with Crippen LogP contribution in [0.3, 0.4) is 0 Å². The van der Waals surface area contributed by atoms with Gasteiger partial charge in [0.1, 0.15) is 0 Å². The number of carbonyl (C=O) groups is 2. The Balaban J connectivity index is 1.99. The van der Waals surface area contributed by atoms with E-state index in [1.807, 2.05) is 5.32 Å². The topological polar surface area (TPSA) is 126 Å². The summed E-state index contributed by atoms with van der Waals surface area (Å²) in [5.74, 6) is 0.239. The van der Waals surface area contributed by atoms with Crippen LogP contribution in [0, 0.1) is 0 Å². The Labute approximate surface area is 184 Å². The third-order valence-electron chi connectivity index (χ3n) is 5.06. The number of benzene rings is 1. The molecule has 1 aromatic heterocycles. The standard InChI is InChI=1S/C21H26N4O5S/c1-29-16-10-14-15(11-17(16)30-2)23-21(31-12-18(26)24-20(22)28)25(19(14)27)9-8-13-6-4-3-5-7-13/h6,10-11H,3-5,7-9,12H2,1-2H3,(H3,22,24,26,28). The monoisotopic (exact) mass is 446 g/mol. The lowest BCUT2D eigenvalue weighted by Crippen LogP contribution is -2.36. The molecule has 3 amide bonds. The molecule has 166 valence electrons. The highest BCUT2D eigenvalue weighted by molar-refractivity contribution is 7.99. The number of urea groups is 1. The number of thioether (sulfide) groups is 1. The molecule has 1 heterocycles. The number of imide groups is 1. The summed E-state index contributed by atoms with van der Waals surface area (Å²) >= 11 is 1.08. The van der Waals surface area contributed by atoms with Crippen LogP contribution >= 0.6 is 11.8 Å². The second-order valence-electron chi connectivity index (χ2n) is 7.13. The van der Waals surface area contributed by atoms with Crippen LogP contribution in [0.15, 0.2) is 33.7 Å². The number of nitrogens with one attached hydrogen (secondary N) is 1. The summed E-state index contributed by atoms with van der Waals surface area (Å²) in [5.41, 5.74) is 6.54. The number of methoxy groups -OCH3 is 2. The smallest absolute Gasteiger partial charge is 0.318 e. The minimum atomic E-state index is -0.921. The van der Waals surface area contributed by atoms with Crippen molar-refractivity contribution < 1.29 is 19.1 Å². The van der Waals surface area contributed by atoms with Gasteiger partial charge < -0.3 is 15.2 Å². The highest BCUT2D eigenvalue weighted by atomic mass is 32.2. The molecule has 0 bridgehead atoms. The first kappa shape index (κ1) is 22.7. The number of nitrogens with two attached hydrogens (primary N) is 1. The normalized spacial score (nSPS) is 13.5. The van der Waals surface area contributed by atoms with E-state index in [0.717, 1.165) is 37.4 Å². The Morgan fingerprint density at radius 1 is 1.23 bits per heavy atom. The molecular weight excluding hydrogens is 420 g/mol. The zero-order valence-corrected chi connectivity index (χ0v) is 18.4. The molecule has 9 nitrogen and oxygen atoms in total. The molecule has 0 aliphatic heterocycles. The van der Waals surface area contributed by atoms with Crippen molar-refractivity contribution in [1.29, 1.82) is 0 Å². The molecule has 0 radical (unpaired) electrons. The highest BCUT2D eigenvalue weighted by Gasteiger charge is 2.17. The fraction of sp³-hybridized carbons (Fsp3) is 0.429. The van der Waals surface area contributed by atoms with Gasteiger partial charge in [-0.3, -0.25) is 19.5 Å². The minimum Gasteiger partial charge on any atom is -0.493 e. The number of hydrogen-bond acceptors (Lipinski definition) is 7. The van der Waals surface area contributed by atoms with E-state index in [1.165, 1.54) is 26.2 Å². The van der Waals surface area contributed by atoms with Gasteiger partial charge in [-0.1, -0.05) is 23.4 Å². The predicted octanol–water partition coefficient (Wildman–Crippen LogP) is 2.59. The van der Waals surface area contributed by atoms with E-state index in [4.69, 9.17) is 15.2 Å². The van der Waals surface area contributed by atoms with E-state index in [9.17, 15) is 14.4 Å². The van der Waals surface area contributed by atoms with Crippen molar-refractivity contribution in [2.24, 2.45) is 5.73 Å². The van der Waals surface area contributed by atoms with Crippen LogP contribution < -0.4 is 26.1 Å². The predicted molar refractivity (Wildman–Crippen MR) is 119 cm³/mol. The molecule has 0 atom stereocenters. The molecule has 0 spiro atoms. The first-order valence-electron chi connectivity index (χ1n) is 9.99. The van der Waals surface area contributed by atoms with Crippen molar-refractivity contribution >= 4 is 34.6 Å². The van der Waals surface area contributed by atoms with E-state index in [-0.39, 0.29) is 11.3 Å². The lowest BCUT2D eigenvalue weighted by molar-refractivity contribution is -0.117. The number of ether oxygens (including phenoxy) is 2. The second kappa shape index (κ2) is 10.3. The van der Waals surface area contributed by atoms with E-state index < -0.39 is 11.9 Å². The summed E-state index contributed by atoms with van der Waals surface area (Å²) in [6.07, 6.45) is 7.42. The molecule has 2 aromatic rings. The van der Waals surface area contributed by atoms with Crippen molar-refractivity contribution in [3.63, 3.8) is 0 Å². The molecule has 1 aliphatic carbocycles. The third-order valence-corrected chi connectivity index (χ3v) is 6.04. The van der Waals surface area contributed by atoms with Crippen molar-refractivity contribution in [2.45, 2.75) is 43.8 Å². The average Bonchev–Trinajstić information content (AvgIpc) is 2.76. The zero-order chi connectivity index (χ0) is 22.4. The first-order chi connectivity index (χ1) is 14.9. The van der Waals surface area contributed by atoms with Gasteiger partial charge in [-0.15, -0.1) is 0 Å². The van der Waals surface area contributed by atoms with E-state index in [2.05, 4.69) is 11.1 Å². The number of hydrogen-bond donors (Lipinski definition) is 2. The van der Waals surface area contributed by atoms with Crippen LogP contribution in [-0.2, 0) is 11.3 Å². The molecule has 10 heteroatoms. The van der Waals surface area contributed by atoms with E-state index in [1.54, 1.807) is 16.7 Å². The van der Waals surface area contributed by atoms with Gasteiger partial charge in [0, 0.05) is 12.6 Å². The maximum atomic E-state index is 13.3. The van der Waals surface area contributed by atoms with Gasteiger partial charge in [0.2, 0.25) is 5.91 Å². The molecule has 1 aromatic carbocycles. The summed E-state index contributed by atoms with van der Waals surface area (Å²) in [5, 5.41) is 2.81. The number of primary amides is 1. The van der Waals surface area contributed by atoms with Gasteiger partial charge in [0.15, 0.2) is 16.7 Å². The fourth-order valence-corrected chi connectivity index (χ4v) is 4.35. The Bertz CT molecular complexity index is 1080. The number of rotatable bonds is 8. The van der Waals surface area contributed by atoms with Gasteiger partial charge >= 0.3 is 6.03 Å². The summed E-state index contributed by atoms with van der Waals surface area (Å²) in [4.78, 5) is 40.7. The molecule has 0 saturated carbocycles. The van der Waals surface area contributed by atoms with Crippen molar-refractivity contribution in [3.05, 3.63) is 34.1 Å². The fourth-order valence-electron chi connectivity index (χ4n) is 3.53. The molecule has 1 aliphatic rings. The van der Waals surface area contributed by atoms with Crippen LogP contribution in [0.4, 0.5) is 4.79 Å². The van der Waals surface area contributed by atoms with Crippen LogP contribution in [0.5, 0.6) is 11.5 Å². The first-order valence-corrected chi connectivity index (χ1v) is 11.0. The number of fused-ring (bicyclic) bond motifs is 1. The second-order valence-corrected chi connectivity index (χ2v) is 8.08. The number of carbonyl (C=O) groups excluding carboxylic acids is 2. The number of aromatic nitrogens is 2. The average molecular weight is 447 g/mol. The van der Waals surface area contributed by atoms with E-state index in [0.29, 0.717) is 34.1 Å². The van der Waals surface area contributed by atoms with Crippen molar-refractivity contribution in [2.75, 3.05) is 20.0 Å². The summed E-state index contributed by atoms with van der Waals surface area (Å²) in [7, 11) is 3.01. The Hall–Kier alpha value is -3.01. The Morgan fingerprint density at radius 2 is 1.97 bits per heavy atom. The van der Waals surface area contributed by atoms with Crippen LogP contribution in [-0.4, -0.2) is 41.5 Å². The van der Waals surface area contributed by atoms with Gasteiger partial charge in [0.05, 0.1) is 30.9 Å². The summed E-state index contributed by atoms with van der Waals surface area (Å²) in [6, 6.07) is 2.33. The Morgan fingerprint density at radius 3 is 2.61 bits per heavy atom. The number of nitrogens with zero attached hydrogens (tertiary/aromatic N) is 2. The van der Waals surface area contributed by atoms with Crippen LogP contribution in [0.2, 0.25) is 0 Å². The van der Waals surface area contributed by atoms with Crippen molar-refractivity contribution in [1.82, 2.24) is 14.9 Å². The highest BCUT2D eigenvalue weighted by Crippen LogP contribution is 2.31. The third kappa shape index (κ3) is 5.57. The molecule has 31 heavy (non-hydrogen) atoms. The summed E-state index contributed by atoms with van der Waals surface area (Å²) < 4.78 is 12.2. The maximum absolute atomic E-state index is 13.3. The van der Waals surface area contributed by atoms with Gasteiger partial charge in [-0.2, -0.15) is 0 Å². The number of amides is 3. The van der Waals surface area contributed by atoms with Crippen molar-refractivity contribution in [3.8, 4) is 11.5 Å². The van der Waals surface area contributed by atoms with Gasteiger partial charge in [-0.25, -0.2) is 9.78 Å². The molecule has 0 unspecified atom stereocenters. The molecule has 3 N–H and O–H groups in total. The summed E-state index contributed by atoms with van der Waals surface area (Å²) in [6.45, 7) is 0.446.